The van der Waals surface area contributed by atoms with Crippen molar-refractivity contribution in [1.82, 2.24) is 4.98 Å². The highest BCUT2D eigenvalue weighted by atomic mass is 16.3. The number of carbonyl (C=O) groups excluding carboxylic acids is 1. The number of aromatic nitrogens is 1. The number of aldehydes is 1. The molecule has 0 fully saturated rings. The Kier molecular flexibility index (Phi) is 3.12. The number of rotatable bonds is 4. The number of aryl methyl sites for hydroxylation is 1. The molecule has 1 rings (SSSR count). The summed E-state index contributed by atoms with van der Waals surface area (Å²) in [5, 5.41) is 8.98. The van der Waals surface area contributed by atoms with Crippen LogP contribution in [-0.2, 0) is 6.42 Å². The number of carbonyl (C=O) groups is 1. The summed E-state index contributed by atoms with van der Waals surface area (Å²) in [5.41, 5.74) is 3.69. The SMILES string of the molecule is C=C(O)CCc1c(C=O)[nH]c(C)c1C. The Hall–Kier alpha value is -1.51. The van der Waals surface area contributed by atoms with Gasteiger partial charge in [-0.05, 0) is 31.4 Å². The van der Waals surface area contributed by atoms with Crippen LogP contribution < -0.4 is 0 Å². The van der Waals surface area contributed by atoms with Crippen LogP contribution in [0.15, 0.2) is 12.3 Å². The van der Waals surface area contributed by atoms with Crippen molar-refractivity contribution in [1.29, 1.82) is 0 Å². The first-order valence-electron chi connectivity index (χ1n) is 4.56. The zero-order chi connectivity index (χ0) is 10.7. The number of allylic oxidation sites excluding steroid dienone is 1. The van der Waals surface area contributed by atoms with Crippen molar-refractivity contribution in [3.63, 3.8) is 0 Å². The maximum absolute atomic E-state index is 10.7. The van der Waals surface area contributed by atoms with Crippen LogP contribution in [0.2, 0.25) is 0 Å². The summed E-state index contributed by atoms with van der Waals surface area (Å²) in [7, 11) is 0. The van der Waals surface area contributed by atoms with Crippen molar-refractivity contribution in [2.45, 2.75) is 26.7 Å². The van der Waals surface area contributed by atoms with Crippen LogP contribution >= 0.6 is 0 Å². The quantitative estimate of drug-likeness (QED) is 0.570. The van der Waals surface area contributed by atoms with E-state index in [1.807, 2.05) is 13.8 Å². The standard InChI is InChI=1S/C11H15NO2/c1-7(14)4-5-10-8(2)9(3)12-11(10)6-13/h6,12,14H,1,4-5H2,2-3H3. The fraction of sp³-hybridized carbons (Fsp3) is 0.364. The lowest BCUT2D eigenvalue weighted by Crippen LogP contribution is -1.93. The van der Waals surface area contributed by atoms with E-state index in [1.165, 1.54) is 0 Å². The summed E-state index contributed by atoms with van der Waals surface area (Å²) >= 11 is 0. The Bertz CT molecular complexity index is 364. The highest BCUT2D eigenvalue weighted by Gasteiger charge is 2.10. The predicted molar refractivity (Wildman–Crippen MR) is 55.7 cm³/mol. The van der Waals surface area contributed by atoms with E-state index in [4.69, 9.17) is 5.11 Å². The Labute approximate surface area is 83.5 Å². The molecule has 2 N–H and O–H groups in total. The van der Waals surface area contributed by atoms with E-state index in [1.54, 1.807) is 0 Å². The molecule has 3 nitrogen and oxygen atoms in total. The molecule has 0 aliphatic rings. The Morgan fingerprint density at radius 2 is 2.21 bits per heavy atom. The topological polar surface area (TPSA) is 53.1 Å². The molecule has 0 aliphatic carbocycles. The number of aliphatic hydroxyl groups is 1. The van der Waals surface area contributed by atoms with Crippen LogP contribution in [0.5, 0.6) is 0 Å². The van der Waals surface area contributed by atoms with Gasteiger partial charge in [-0.2, -0.15) is 0 Å². The third kappa shape index (κ3) is 2.05. The molecular formula is C11H15NO2. The van der Waals surface area contributed by atoms with Crippen LogP contribution in [0, 0.1) is 13.8 Å². The number of hydrogen-bond donors (Lipinski definition) is 2. The molecule has 0 saturated carbocycles. The van der Waals surface area contributed by atoms with Gasteiger partial charge in [0.1, 0.15) is 0 Å². The lowest BCUT2D eigenvalue weighted by atomic mass is 10.0. The zero-order valence-electron chi connectivity index (χ0n) is 8.55. The predicted octanol–water partition coefficient (Wildman–Crippen LogP) is 2.45. The lowest BCUT2D eigenvalue weighted by molar-refractivity contribution is 0.111. The number of aromatic amines is 1. The van der Waals surface area contributed by atoms with Gasteiger partial charge in [-0.3, -0.25) is 4.79 Å². The average Bonchev–Trinajstić information content (AvgIpc) is 2.40. The van der Waals surface area contributed by atoms with Crippen LogP contribution in [0.1, 0.15) is 33.7 Å². The maximum Gasteiger partial charge on any atom is 0.166 e. The second-order valence-electron chi connectivity index (χ2n) is 3.45. The van der Waals surface area contributed by atoms with Gasteiger partial charge in [0.2, 0.25) is 0 Å². The normalized spacial score (nSPS) is 10.1. The van der Waals surface area contributed by atoms with Crippen molar-refractivity contribution >= 4 is 6.29 Å². The van der Waals surface area contributed by atoms with Crippen LogP contribution in [0.3, 0.4) is 0 Å². The molecule has 1 aromatic rings. The van der Waals surface area contributed by atoms with Gasteiger partial charge < -0.3 is 10.1 Å². The van der Waals surface area contributed by atoms with E-state index in [2.05, 4.69) is 11.6 Å². The lowest BCUT2D eigenvalue weighted by Gasteiger charge is -2.00. The molecule has 76 valence electrons. The molecule has 0 amide bonds. The van der Waals surface area contributed by atoms with E-state index in [0.717, 1.165) is 23.1 Å². The summed E-state index contributed by atoms with van der Waals surface area (Å²) in [5.74, 6) is 0.153. The second-order valence-corrected chi connectivity index (χ2v) is 3.45. The molecule has 1 heterocycles. The van der Waals surface area contributed by atoms with Crippen molar-refractivity contribution in [3.8, 4) is 0 Å². The Balaban J connectivity index is 2.93. The highest BCUT2D eigenvalue weighted by molar-refractivity contribution is 5.76. The van der Waals surface area contributed by atoms with Gasteiger partial charge in [0, 0.05) is 12.1 Å². The van der Waals surface area contributed by atoms with Gasteiger partial charge in [-0.25, -0.2) is 0 Å². The molecule has 0 spiro atoms. The van der Waals surface area contributed by atoms with Crippen LogP contribution in [0.25, 0.3) is 0 Å². The van der Waals surface area contributed by atoms with Crippen LogP contribution in [0.4, 0.5) is 0 Å². The average molecular weight is 193 g/mol. The van der Waals surface area contributed by atoms with E-state index in [-0.39, 0.29) is 5.76 Å². The number of nitrogens with one attached hydrogen (secondary N) is 1. The Morgan fingerprint density at radius 3 is 2.71 bits per heavy atom. The largest absolute Gasteiger partial charge is 0.513 e. The molecule has 0 bridgehead atoms. The molecule has 1 aromatic heterocycles. The molecule has 0 aromatic carbocycles. The third-order valence-corrected chi connectivity index (χ3v) is 2.44. The smallest absolute Gasteiger partial charge is 0.166 e. The minimum Gasteiger partial charge on any atom is -0.513 e. The molecule has 0 aliphatic heterocycles. The monoisotopic (exact) mass is 193 g/mol. The summed E-state index contributed by atoms with van der Waals surface area (Å²) < 4.78 is 0. The van der Waals surface area contributed by atoms with E-state index in [9.17, 15) is 4.79 Å². The number of H-pyrrole nitrogens is 1. The molecule has 0 radical (unpaired) electrons. The summed E-state index contributed by atoms with van der Waals surface area (Å²) in [6.45, 7) is 7.32. The molecular weight excluding hydrogens is 178 g/mol. The van der Waals surface area contributed by atoms with Crippen LogP contribution in [-0.4, -0.2) is 16.4 Å². The van der Waals surface area contributed by atoms with Crippen molar-refractivity contribution in [3.05, 3.63) is 34.9 Å². The number of aliphatic hydroxyl groups excluding tert-OH is 1. The third-order valence-electron chi connectivity index (χ3n) is 2.44. The van der Waals surface area contributed by atoms with E-state index >= 15 is 0 Å². The fourth-order valence-electron chi connectivity index (χ4n) is 1.49. The molecule has 3 heteroatoms. The first-order chi connectivity index (χ1) is 6.56. The summed E-state index contributed by atoms with van der Waals surface area (Å²) in [6, 6.07) is 0. The maximum atomic E-state index is 10.7. The molecule has 14 heavy (non-hydrogen) atoms. The van der Waals surface area contributed by atoms with Gasteiger partial charge in [0.05, 0.1) is 11.5 Å². The first-order valence-corrected chi connectivity index (χ1v) is 4.56. The minimum atomic E-state index is 0.153. The second kappa shape index (κ2) is 4.13. The molecule has 0 saturated heterocycles. The van der Waals surface area contributed by atoms with Gasteiger partial charge >= 0.3 is 0 Å². The van der Waals surface area contributed by atoms with E-state index in [0.29, 0.717) is 18.5 Å². The van der Waals surface area contributed by atoms with E-state index < -0.39 is 0 Å². The van der Waals surface area contributed by atoms with Crippen molar-refractivity contribution < 1.29 is 9.90 Å². The van der Waals surface area contributed by atoms with Gasteiger partial charge in [-0.15, -0.1) is 0 Å². The summed E-state index contributed by atoms with van der Waals surface area (Å²) in [4.78, 5) is 13.7. The summed E-state index contributed by atoms with van der Waals surface area (Å²) in [6.07, 6.45) is 1.97. The van der Waals surface area contributed by atoms with Gasteiger partial charge in [0.15, 0.2) is 6.29 Å². The fourth-order valence-corrected chi connectivity index (χ4v) is 1.49. The molecule has 0 unspecified atom stereocenters. The van der Waals surface area contributed by atoms with Gasteiger partial charge in [-0.1, -0.05) is 6.58 Å². The number of hydrogen-bond acceptors (Lipinski definition) is 2. The van der Waals surface area contributed by atoms with Gasteiger partial charge in [0.25, 0.3) is 0 Å². The van der Waals surface area contributed by atoms with Crippen molar-refractivity contribution in [2.24, 2.45) is 0 Å². The highest BCUT2D eigenvalue weighted by Crippen LogP contribution is 2.18. The minimum absolute atomic E-state index is 0.153. The molecule has 0 atom stereocenters. The van der Waals surface area contributed by atoms with Crippen molar-refractivity contribution in [2.75, 3.05) is 0 Å². The zero-order valence-corrected chi connectivity index (χ0v) is 8.55. The first kappa shape index (κ1) is 10.6. The Morgan fingerprint density at radius 1 is 1.57 bits per heavy atom.